The summed E-state index contributed by atoms with van der Waals surface area (Å²) in [6.07, 6.45) is 0. The first kappa shape index (κ1) is 18.0. The predicted octanol–water partition coefficient (Wildman–Crippen LogP) is 3.68. The average molecular weight is 345 g/mol. The van der Waals surface area contributed by atoms with Crippen molar-refractivity contribution in [3.05, 3.63) is 52.2 Å². The van der Waals surface area contributed by atoms with E-state index in [1.807, 2.05) is 54.9 Å². The van der Waals surface area contributed by atoms with Crippen LogP contribution in [0.25, 0.3) is 0 Å². The lowest BCUT2D eigenvalue weighted by atomic mass is 10.1. The van der Waals surface area contributed by atoms with E-state index < -0.39 is 0 Å². The van der Waals surface area contributed by atoms with Crippen molar-refractivity contribution in [2.45, 2.75) is 26.9 Å². The topological polar surface area (TPSA) is 61.4 Å². The van der Waals surface area contributed by atoms with Gasteiger partial charge < -0.3 is 15.5 Å². The van der Waals surface area contributed by atoms with Gasteiger partial charge in [-0.05, 0) is 40.1 Å². The fourth-order valence-electron chi connectivity index (χ4n) is 2.03. The van der Waals surface area contributed by atoms with E-state index >= 15 is 0 Å². The van der Waals surface area contributed by atoms with E-state index in [1.54, 1.807) is 23.3 Å². The van der Waals surface area contributed by atoms with Crippen LogP contribution >= 0.6 is 11.3 Å². The van der Waals surface area contributed by atoms with Crippen molar-refractivity contribution >= 4 is 29.0 Å². The van der Waals surface area contributed by atoms with E-state index in [-0.39, 0.29) is 17.9 Å². The van der Waals surface area contributed by atoms with Crippen LogP contribution in [0.4, 0.5) is 10.5 Å². The van der Waals surface area contributed by atoms with Crippen LogP contribution in [0.5, 0.6) is 0 Å². The fraction of sp³-hybridized carbons (Fsp3) is 0.333. The van der Waals surface area contributed by atoms with Crippen LogP contribution < -0.4 is 10.6 Å². The highest BCUT2D eigenvalue weighted by Crippen LogP contribution is 2.11. The van der Waals surface area contributed by atoms with E-state index in [0.717, 1.165) is 16.8 Å². The first-order valence-electron chi connectivity index (χ1n) is 7.85. The molecule has 2 N–H and O–H groups in total. The molecule has 2 aromatic rings. The van der Waals surface area contributed by atoms with Gasteiger partial charge in [-0.1, -0.05) is 26.0 Å². The van der Waals surface area contributed by atoms with E-state index in [0.29, 0.717) is 13.1 Å². The Bertz CT molecular complexity index is 666. The number of nitrogens with one attached hydrogen (secondary N) is 2. The molecular weight excluding hydrogens is 322 g/mol. The quantitative estimate of drug-likeness (QED) is 0.839. The van der Waals surface area contributed by atoms with Crippen molar-refractivity contribution < 1.29 is 9.59 Å². The second-order valence-electron chi connectivity index (χ2n) is 5.99. The highest BCUT2D eigenvalue weighted by Gasteiger charge is 2.09. The largest absolute Gasteiger partial charge is 0.334 e. The number of urea groups is 1. The molecule has 0 aliphatic heterocycles. The molecule has 0 fully saturated rings. The van der Waals surface area contributed by atoms with Gasteiger partial charge in [-0.2, -0.15) is 11.3 Å². The number of amides is 3. The highest BCUT2D eigenvalue weighted by atomic mass is 32.1. The number of anilines is 1. The molecule has 0 bridgehead atoms. The maximum Gasteiger partial charge on any atom is 0.317 e. The minimum Gasteiger partial charge on any atom is -0.334 e. The summed E-state index contributed by atoms with van der Waals surface area (Å²) >= 11 is 1.62. The van der Waals surface area contributed by atoms with Crippen molar-refractivity contribution in [1.29, 1.82) is 0 Å². The number of carbonyl (C=O) groups is 2. The average Bonchev–Trinajstić information content (AvgIpc) is 3.06. The number of rotatable bonds is 6. The molecule has 0 atom stereocenters. The summed E-state index contributed by atoms with van der Waals surface area (Å²) < 4.78 is 0. The van der Waals surface area contributed by atoms with Gasteiger partial charge in [0.1, 0.15) is 0 Å². The molecule has 0 aliphatic carbocycles. The summed E-state index contributed by atoms with van der Waals surface area (Å²) in [5.74, 6) is -0.0613. The van der Waals surface area contributed by atoms with E-state index in [1.165, 1.54) is 0 Å². The lowest BCUT2D eigenvalue weighted by Crippen LogP contribution is -2.36. The van der Waals surface area contributed by atoms with Crippen molar-refractivity contribution in [3.8, 4) is 0 Å². The lowest BCUT2D eigenvalue weighted by molar-refractivity contribution is -0.118. The summed E-state index contributed by atoms with van der Waals surface area (Å²) in [5, 5.41) is 9.77. The third-order valence-corrected chi connectivity index (χ3v) is 4.27. The van der Waals surface area contributed by atoms with Crippen LogP contribution in [-0.2, 0) is 17.9 Å². The number of hydrogen-bond donors (Lipinski definition) is 2. The summed E-state index contributed by atoms with van der Waals surface area (Å²) in [5.41, 5.74) is 2.87. The SMILES string of the molecule is CC(C)C(=O)Nc1ccc(CNC(=O)N(C)Cc2ccsc2)cc1. The van der Waals surface area contributed by atoms with Crippen LogP contribution in [0, 0.1) is 5.92 Å². The minimum absolute atomic E-state index is 0.00823. The standard InChI is InChI=1S/C18H23N3O2S/c1-13(2)17(22)20-16-6-4-14(5-7-16)10-19-18(23)21(3)11-15-8-9-24-12-15/h4-9,12-13H,10-11H2,1-3H3,(H,19,23)(H,20,22). The van der Waals surface area contributed by atoms with Crippen molar-refractivity contribution in [2.24, 2.45) is 5.92 Å². The molecular formula is C18H23N3O2S. The molecule has 1 aromatic heterocycles. The maximum absolute atomic E-state index is 12.1. The predicted molar refractivity (Wildman–Crippen MR) is 97.9 cm³/mol. The lowest BCUT2D eigenvalue weighted by Gasteiger charge is -2.17. The second kappa shape index (κ2) is 8.49. The van der Waals surface area contributed by atoms with Gasteiger partial charge in [-0.25, -0.2) is 4.79 Å². The van der Waals surface area contributed by atoms with E-state index in [2.05, 4.69) is 10.6 Å². The monoisotopic (exact) mass is 345 g/mol. The summed E-state index contributed by atoms with van der Waals surface area (Å²) in [4.78, 5) is 25.4. The Morgan fingerprint density at radius 3 is 2.42 bits per heavy atom. The first-order valence-corrected chi connectivity index (χ1v) is 8.80. The van der Waals surface area contributed by atoms with Crippen molar-refractivity contribution in [1.82, 2.24) is 10.2 Å². The smallest absolute Gasteiger partial charge is 0.317 e. The zero-order valence-corrected chi connectivity index (χ0v) is 15.0. The molecule has 0 aliphatic rings. The molecule has 24 heavy (non-hydrogen) atoms. The van der Waals surface area contributed by atoms with E-state index in [9.17, 15) is 9.59 Å². The van der Waals surface area contributed by atoms with Gasteiger partial charge in [0.15, 0.2) is 0 Å². The second-order valence-corrected chi connectivity index (χ2v) is 6.77. The Balaban J connectivity index is 1.81. The van der Waals surface area contributed by atoms with Crippen LogP contribution in [0.1, 0.15) is 25.0 Å². The Morgan fingerprint density at radius 1 is 1.12 bits per heavy atom. The molecule has 128 valence electrons. The number of benzene rings is 1. The minimum atomic E-state index is -0.113. The van der Waals surface area contributed by atoms with Crippen LogP contribution in [0.15, 0.2) is 41.1 Å². The van der Waals surface area contributed by atoms with E-state index in [4.69, 9.17) is 0 Å². The van der Waals surface area contributed by atoms with Gasteiger partial charge in [-0.15, -0.1) is 0 Å². The molecule has 2 rings (SSSR count). The van der Waals surface area contributed by atoms with Gasteiger partial charge in [0.05, 0.1) is 0 Å². The fourth-order valence-corrected chi connectivity index (χ4v) is 2.69. The molecule has 1 heterocycles. The molecule has 0 unspecified atom stereocenters. The highest BCUT2D eigenvalue weighted by molar-refractivity contribution is 7.07. The first-order chi connectivity index (χ1) is 11.5. The number of nitrogens with zero attached hydrogens (tertiary/aromatic N) is 1. The van der Waals surface area contributed by atoms with Gasteiger partial charge in [0.2, 0.25) is 5.91 Å². The summed E-state index contributed by atoms with van der Waals surface area (Å²) in [6.45, 7) is 4.75. The van der Waals surface area contributed by atoms with Gasteiger partial charge in [0, 0.05) is 31.7 Å². The van der Waals surface area contributed by atoms with Crippen LogP contribution in [0.2, 0.25) is 0 Å². The Hall–Kier alpha value is -2.34. The third-order valence-electron chi connectivity index (χ3n) is 3.54. The number of thiophene rings is 1. The molecule has 0 saturated carbocycles. The number of carbonyl (C=O) groups excluding carboxylic acids is 2. The molecule has 0 saturated heterocycles. The van der Waals surface area contributed by atoms with Gasteiger partial charge in [0.25, 0.3) is 0 Å². The molecule has 1 aromatic carbocycles. The molecule has 0 spiro atoms. The Kier molecular flexibility index (Phi) is 6.37. The number of hydrogen-bond acceptors (Lipinski definition) is 3. The molecule has 0 radical (unpaired) electrons. The summed E-state index contributed by atoms with van der Waals surface area (Å²) in [6, 6.07) is 9.38. The van der Waals surface area contributed by atoms with Crippen molar-refractivity contribution in [3.63, 3.8) is 0 Å². The molecule has 5 nitrogen and oxygen atoms in total. The zero-order chi connectivity index (χ0) is 17.5. The Morgan fingerprint density at radius 2 is 1.83 bits per heavy atom. The zero-order valence-electron chi connectivity index (χ0n) is 14.2. The summed E-state index contributed by atoms with van der Waals surface area (Å²) in [7, 11) is 1.78. The maximum atomic E-state index is 12.1. The van der Waals surface area contributed by atoms with Crippen LogP contribution in [-0.4, -0.2) is 23.9 Å². The molecule has 6 heteroatoms. The van der Waals surface area contributed by atoms with Crippen molar-refractivity contribution in [2.75, 3.05) is 12.4 Å². The third kappa shape index (κ3) is 5.38. The Labute approximate surface area is 146 Å². The van der Waals surface area contributed by atoms with Crippen LogP contribution in [0.3, 0.4) is 0 Å². The normalized spacial score (nSPS) is 10.5. The molecule has 3 amide bonds. The van der Waals surface area contributed by atoms with Gasteiger partial charge in [-0.3, -0.25) is 4.79 Å². The van der Waals surface area contributed by atoms with Gasteiger partial charge >= 0.3 is 6.03 Å².